The third-order valence-electron chi connectivity index (χ3n) is 5.95. The number of rotatable bonds is 6. The maximum Gasteiger partial charge on any atom is 0.315 e. The lowest BCUT2D eigenvalue weighted by Gasteiger charge is -2.61. The molecule has 3 fully saturated rings. The molecule has 3 atom stereocenters. The van der Waals surface area contributed by atoms with Crippen LogP contribution < -0.4 is 10.6 Å². The molecule has 3 N–H and O–H groups in total. The molecule has 0 heterocycles. The number of carbonyl (C=O) groups is 1. The van der Waals surface area contributed by atoms with Gasteiger partial charge in [0.05, 0.1) is 18.2 Å². The second-order valence-electron chi connectivity index (χ2n) is 7.27. The average Bonchev–Trinajstić information content (AvgIpc) is 3.19. The van der Waals surface area contributed by atoms with Crippen LogP contribution in [0.15, 0.2) is 0 Å². The first kappa shape index (κ1) is 15.1. The molecular formula is C16H28N2O3. The Labute approximate surface area is 126 Å². The first-order valence-electron chi connectivity index (χ1n) is 8.35. The van der Waals surface area contributed by atoms with Crippen LogP contribution in [0.2, 0.25) is 0 Å². The number of hydrogen-bond donors (Lipinski definition) is 3. The van der Waals surface area contributed by atoms with Crippen molar-refractivity contribution in [2.45, 2.75) is 70.1 Å². The second kappa shape index (κ2) is 5.43. The summed E-state index contributed by atoms with van der Waals surface area (Å²) in [5.74, 6) is 0.420. The molecule has 3 saturated carbocycles. The molecule has 3 aliphatic rings. The zero-order valence-electron chi connectivity index (χ0n) is 13.2. The van der Waals surface area contributed by atoms with Crippen molar-refractivity contribution in [2.24, 2.45) is 11.3 Å². The van der Waals surface area contributed by atoms with Crippen LogP contribution in [-0.4, -0.2) is 42.0 Å². The van der Waals surface area contributed by atoms with Gasteiger partial charge in [-0.2, -0.15) is 0 Å². The van der Waals surface area contributed by atoms with Crippen molar-refractivity contribution >= 4 is 6.03 Å². The Kier molecular flexibility index (Phi) is 3.91. The van der Waals surface area contributed by atoms with Gasteiger partial charge in [-0.3, -0.25) is 0 Å². The zero-order chi connectivity index (χ0) is 15.1. The molecule has 120 valence electrons. The minimum atomic E-state index is -0.472. The summed E-state index contributed by atoms with van der Waals surface area (Å²) in [4.78, 5) is 12.3. The van der Waals surface area contributed by atoms with Gasteiger partial charge in [0, 0.05) is 18.1 Å². The van der Waals surface area contributed by atoms with E-state index in [2.05, 4.69) is 10.6 Å². The van der Waals surface area contributed by atoms with Crippen LogP contribution in [0.3, 0.4) is 0 Å². The van der Waals surface area contributed by atoms with Crippen LogP contribution in [-0.2, 0) is 4.74 Å². The summed E-state index contributed by atoms with van der Waals surface area (Å²) in [7, 11) is 0. The Hall–Kier alpha value is -0.810. The number of carbonyl (C=O) groups excluding carboxylic acids is 1. The molecule has 5 nitrogen and oxygen atoms in total. The summed E-state index contributed by atoms with van der Waals surface area (Å²) >= 11 is 0. The highest BCUT2D eigenvalue weighted by atomic mass is 16.5. The first-order chi connectivity index (χ1) is 10.0. The van der Waals surface area contributed by atoms with E-state index in [0.29, 0.717) is 12.0 Å². The molecule has 21 heavy (non-hydrogen) atoms. The predicted molar refractivity (Wildman–Crippen MR) is 80.0 cm³/mol. The highest BCUT2D eigenvalue weighted by Crippen LogP contribution is 2.57. The molecule has 3 aliphatic carbocycles. The normalized spacial score (nSPS) is 32.7. The molecule has 0 aliphatic heterocycles. The van der Waals surface area contributed by atoms with E-state index >= 15 is 0 Å². The van der Waals surface area contributed by atoms with Gasteiger partial charge in [-0.15, -0.1) is 0 Å². The summed E-state index contributed by atoms with van der Waals surface area (Å²) in [6.07, 6.45) is 6.97. The molecule has 2 amide bonds. The second-order valence-corrected chi connectivity index (χ2v) is 7.27. The largest absolute Gasteiger partial charge is 0.394 e. The van der Waals surface area contributed by atoms with Gasteiger partial charge in [-0.05, 0) is 51.9 Å². The summed E-state index contributed by atoms with van der Waals surface area (Å²) in [6.45, 7) is 4.72. The van der Waals surface area contributed by atoms with Crippen LogP contribution in [0.25, 0.3) is 0 Å². The summed E-state index contributed by atoms with van der Waals surface area (Å²) in [5.41, 5.74) is -0.289. The Morgan fingerprint density at radius 1 is 1.43 bits per heavy atom. The van der Waals surface area contributed by atoms with Gasteiger partial charge in [0.1, 0.15) is 0 Å². The maximum atomic E-state index is 12.3. The van der Waals surface area contributed by atoms with Gasteiger partial charge < -0.3 is 20.5 Å². The van der Waals surface area contributed by atoms with E-state index in [1.54, 1.807) is 0 Å². The molecule has 5 heteroatoms. The van der Waals surface area contributed by atoms with E-state index in [-0.39, 0.29) is 24.1 Å². The fourth-order valence-electron chi connectivity index (χ4n) is 4.09. The number of ether oxygens (including phenoxy) is 1. The smallest absolute Gasteiger partial charge is 0.315 e. The lowest BCUT2D eigenvalue weighted by atomic mass is 9.51. The fourth-order valence-corrected chi connectivity index (χ4v) is 4.09. The van der Waals surface area contributed by atoms with Crippen molar-refractivity contribution in [1.29, 1.82) is 0 Å². The summed E-state index contributed by atoms with van der Waals surface area (Å²) in [6, 6.07) is 0.0922. The van der Waals surface area contributed by atoms with Crippen molar-refractivity contribution in [2.75, 3.05) is 13.2 Å². The van der Waals surface area contributed by atoms with Crippen LogP contribution >= 0.6 is 0 Å². The Morgan fingerprint density at radius 3 is 2.62 bits per heavy atom. The number of amides is 2. The fraction of sp³-hybridized carbons (Fsp3) is 0.938. The number of aliphatic hydroxyl groups excluding tert-OH is 1. The predicted octanol–water partition coefficient (Wildman–Crippen LogP) is 1.79. The molecule has 0 aromatic rings. The molecule has 0 unspecified atom stereocenters. The average molecular weight is 296 g/mol. The lowest BCUT2D eigenvalue weighted by molar-refractivity contribution is -0.169. The minimum absolute atomic E-state index is 0.00245. The van der Waals surface area contributed by atoms with Crippen LogP contribution in [0, 0.1) is 11.3 Å². The standard InChI is InChI=1S/C16H28N2O3/c1-3-21-13-9-12(16(13)7-4-8-16)17-14(20)18-15(2,10-19)11-5-6-11/h11-13,19H,3-10H2,1-2H3,(H2,17,18,20)/t12-,13-,15+/m1/s1. The maximum absolute atomic E-state index is 12.3. The van der Waals surface area contributed by atoms with E-state index in [0.717, 1.165) is 38.7 Å². The van der Waals surface area contributed by atoms with Gasteiger partial charge in [-0.25, -0.2) is 4.79 Å². The molecule has 0 aromatic heterocycles. The zero-order valence-corrected chi connectivity index (χ0v) is 13.2. The molecular weight excluding hydrogens is 268 g/mol. The monoisotopic (exact) mass is 296 g/mol. The quantitative estimate of drug-likeness (QED) is 0.700. The van der Waals surface area contributed by atoms with Crippen molar-refractivity contribution in [3.05, 3.63) is 0 Å². The lowest BCUT2D eigenvalue weighted by Crippen LogP contribution is -2.69. The Bertz CT molecular complexity index is 406. The van der Waals surface area contributed by atoms with Crippen molar-refractivity contribution in [3.8, 4) is 0 Å². The van der Waals surface area contributed by atoms with Gasteiger partial charge in [0.15, 0.2) is 0 Å². The van der Waals surface area contributed by atoms with Crippen molar-refractivity contribution in [3.63, 3.8) is 0 Å². The molecule has 0 bridgehead atoms. The van der Waals surface area contributed by atoms with Crippen molar-refractivity contribution < 1.29 is 14.6 Å². The molecule has 0 saturated heterocycles. The van der Waals surface area contributed by atoms with E-state index in [1.807, 2.05) is 13.8 Å². The van der Waals surface area contributed by atoms with Gasteiger partial charge >= 0.3 is 6.03 Å². The highest BCUT2D eigenvalue weighted by Gasteiger charge is 2.59. The summed E-state index contributed by atoms with van der Waals surface area (Å²) < 4.78 is 5.81. The van der Waals surface area contributed by atoms with E-state index in [1.165, 1.54) is 6.42 Å². The Balaban J connectivity index is 1.53. The van der Waals surface area contributed by atoms with Gasteiger partial charge in [0.2, 0.25) is 0 Å². The molecule has 0 radical (unpaired) electrons. The number of hydrogen-bond acceptors (Lipinski definition) is 3. The van der Waals surface area contributed by atoms with E-state index in [9.17, 15) is 9.90 Å². The van der Waals surface area contributed by atoms with Crippen LogP contribution in [0.1, 0.15) is 52.4 Å². The van der Waals surface area contributed by atoms with Crippen LogP contribution in [0.4, 0.5) is 4.79 Å². The number of urea groups is 1. The first-order valence-corrected chi connectivity index (χ1v) is 8.35. The third kappa shape index (κ3) is 2.55. The minimum Gasteiger partial charge on any atom is -0.394 e. The molecule has 1 spiro atoms. The third-order valence-corrected chi connectivity index (χ3v) is 5.95. The molecule has 0 aromatic carbocycles. The topological polar surface area (TPSA) is 70.6 Å². The highest BCUT2D eigenvalue weighted by molar-refractivity contribution is 5.75. The van der Waals surface area contributed by atoms with Crippen LogP contribution in [0.5, 0.6) is 0 Å². The summed E-state index contributed by atoms with van der Waals surface area (Å²) in [5, 5.41) is 15.7. The van der Waals surface area contributed by atoms with Gasteiger partial charge in [0.25, 0.3) is 0 Å². The van der Waals surface area contributed by atoms with E-state index in [4.69, 9.17) is 4.74 Å². The molecule has 3 rings (SSSR count). The van der Waals surface area contributed by atoms with E-state index < -0.39 is 5.54 Å². The number of aliphatic hydroxyl groups is 1. The SMILES string of the molecule is CCO[C@@H]1C[C@@H](NC(=O)N[C@@](C)(CO)C2CC2)C12CCC2. The Morgan fingerprint density at radius 2 is 2.14 bits per heavy atom. The van der Waals surface area contributed by atoms with Crippen molar-refractivity contribution in [1.82, 2.24) is 10.6 Å². The van der Waals surface area contributed by atoms with Gasteiger partial charge in [-0.1, -0.05) is 6.42 Å². The number of nitrogens with one attached hydrogen (secondary N) is 2.